The molecule has 0 aliphatic carbocycles. The van der Waals surface area contributed by atoms with Gasteiger partial charge in [-0.15, -0.1) is 0 Å². The number of nitrogens with zero attached hydrogens (tertiary/aromatic N) is 4. The van der Waals surface area contributed by atoms with Crippen molar-refractivity contribution in [1.82, 2.24) is 9.88 Å². The Morgan fingerprint density at radius 1 is 1.16 bits per heavy atom. The van der Waals surface area contributed by atoms with E-state index in [2.05, 4.69) is 19.9 Å². The van der Waals surface area contributed by atoms with E-state index in [1.54, 1.807) is 18.2 Å². The average molecular weight is 696 g/mol. The van der Waals surface area contributed by atoms with Crippen LogP contribution in [0.25, 0.3) is 0 Å². The van der Waals surface area contributed by atoms with Crippen molar-refractivity contribution in [3.8, 4) is 11.9 Å². The minimum absolute atomic E-state index is 0.0524. The number of carbonyl (C=O) groups is 1. The molecule has 2 aromatic carbocycles. The van der Waals surface area contributed by atoms with Gasteiger partial charge in [-0.3, -0.25) is 0 Å². The summed E-state index contributed by atoms with van der Waals surface area (Å²) in [7, 11) is 1.42. The Morgan fingerprint density at radius 3 is 2.72 bits per heavy atom. The number of carbonyl (C=O) groups excluding carboxylic acids is 1. The Morgan fingerprint density at radius 2 is 2.00 bits per heavy atom. The average Bonchev–Trinajstić information content (AvgIpc) is 3.02. The summed E-state index contributed by atoms with van der Waals surface area (Å²) >= 11 is -0.311. The topological polar surface area (TPSA) is 87.9 Å². The zero-order valence-corrected chi connectivity index (χ0v) is 26.1. The second-order valence-corrected chi connectivity index (χ2v) is 13.3. The number of ether oxygens (including phenoxy) is 3. The van der Waals surface area contributed by atoms with Gasteiger partial charge in [0.05, 0.1) is 11.6 Å². The van der Waals surface area contributed by atoms with E-state index in [0.717, 1.165) is 63.4 Å². The third-order valence-corrected chi connectivity index (χ3v) is 10.8. The van der Waals surface area contributed by atoms with Gasteiger partial charge in [0.2, 0.25) is 0 Å². The van der Waals surface area contributed by atoms with Gasteiger partial charge < -0.3 is 0 Å². The Hall–Kier alpha value is -3.53. The van der Waals surface area contributed by atoms with E-state index in [0.29, 0.717) is 22.9 Å². The number of halogens is 2. The normalized spacial score (nSPS) is 18.9. The third kappa shape index (κ3) is 6.84. The van der Waals surface area contributed by atoms with Crippen LogP contribution in [0.4, 0.5) is 10.1 Å². The van der Waals surface area contributed by atoms with Crippen LogP contribution in [0.5, 0.6) is 5.88 Å². The van der Waals surface area contributed by atoms with E-state index < -0.39 is 5.82 Å². The van der Waals surface area contributed by atoms with Crippen molar-refractivity contribution in [3.63, 3.8) is 0 Å². The predicted octanol–water partition coefficient (Wildman–Crippen LogP) is 2.05. The first-order chi connectivity index (χ1) is 21.0. The van der Waals surface area contributed by atoms with Crippen molar-refractivity contribution in [2.24, 2.45) is 0 Å². The SMILES string of the molecule is COC(=O)c1ccc2c(c1)N(C[C@@H]1CCO1)C(CN1CCC(c3cccc(OCc4ccc(C#N)cc4F)n3)CC1)=C[I-]2. The summed E-state index contributed by atoms with van der Waals surface area (Å²) in [6, 6.07) is 18.0. The molecule has 0 saturated carbocycles. The zero-order valence-electron chi connectivity index (χ0n) is 24.0. The Kier molecular flexibility index (Phi) is 9.21. The molecular weight excluding hydrogens is 662 g/mol. The van der Waals surface area contributed by atoms with Crippen molar-refractivity contribution in [2.75, 3.05) is 44.8 Å². The number of piperidine rings is 1. The molecule has 0 unspecified atom stereocenters. The quantitative estimate of drug-likeness (QED) is 0.249. The van der Waals surface area contributed by atoms with Crippen LogP contribution in [0.1, 0.15) is 52.4 Å². The third-order valence-electron chi connectivity index (χ3n) is 8.18. The molecule has 0 amide bonds. The van der Waals surface area contributed by atoms with Gasteiger partial charge in [-0.25, -0.2) is 4.39 Å². The summed E-state index contributed by atoms with van der Waals surface area (Å²) in [5.41, 5.74) is 4.65. The van der Waals surface area contributed by atoms with Gasteiger partial charge in [-0.2, -0.15) is 5.26 Å². The second kappa shape index (κ2) is 13.4. The van der Waals surface area contributed by atoms with Crippen LogP contribution in [-0.2, 0) is 16.1 Å². The van der Waals surface area contributed by atoms with E-state index in [1.807, 2.05) is 30.3 Å². The summed E-state index contributed by atoms with van der Waals surface area (Å²) in [6.45, 7) is 4.40. The number of benzene rings is 2. The standard InChI is InChI=1S/C33H33FIN4O4/c1-41-33(40)24-7-8-29-31(16-24)39(20-27-11-14-42-27)26(17-35-29)19-38-12-9-23(10-13-38)30-3-2-4-32(37-30)43-21-25-6-5-22(18-36)15-28(25)34/h2-8,15-17,23,27H,9-14,19-21H2,1H3/q-1/t27-/m0/s1. The molecule has 43 heavy (non-hydrogen) atoms. The molecule has 0 radical (unpaired) electrons. The number of hydrogen-bond acceptors (Lipinski definition) is 8. The first kappa shape index (κ1) is 29.5. The van der Waals surface area contributed by atoms with Crippen LogP contribution in [0.2, 0.25) is 0 Å². The molecule has 2 fully saturated rings. The number of esters is 1. The van der Waals surface area contributed by atoms with Crippen LogP contribution in [-0.4, -0.2) is 61.9 Å². The van der Waals surface area contributed by atoms with Crippen molar-refractivity contribution >= 4 is 11.7 Å². The molecular formula is C33H33FIN4O4-. The zero-order chi connectivity index (χ0) is 29.8. The molecule has 2 saturated heterocycles. The van der Waals surface area contributed by atoms with E-state index in [-0.39, 0.29) is 45.4 Å². The number of fused-ring (bicyclic) bond motifs is 1. The fourth-order valence-corrected chi connectivity index (χ4v) is 7.98. The van der Waals surface area contributed by atoms with Gasteiger partial charge in [-0.05, 0) is 12.1 Å². The molecule has 4 heterocycles. The molecule has 0 N–H and O–H groups in total. The van der Waals surface area contributed by atoms with Crippen molar-refractivity contribution < 1.29 is 44.6 Å². The van der Waals surface area contributed by atoms with Crippen LogP contribution >= 0.6 is 0 Å². The molecule has 1 aromatic heterocycles. The van der Waals surface area contributed by atoms with E-state index in [1.165, 1.54) is 22.4 Å². The number of rotatable bonds is 9. The number of pyridine rings is 1. The van der Waals surface area contributed by atoms with Crippen LogP contribution in [0.15, 0.2) is 64.4 Å². The first-order valence-electron chi connectivity index (χ1n) is 14.5. The maximum absolute atomic E-state index is 14.3. The van der Waals surface area contributed by atoms with Crippen molar-refractivity contribution in [3.05, 3.63) is 96.1 Å². The molecule has 224 valence electrons. The van der Waals surface area contributed by atoms with Crippen LogP contribution in [0, 0.1) is 20.7 Å². The molecule has 0 spiro atoms. The maximum atomic E-state index is 14.3. The summed E-state index contributed by atoms with van der Waals surface area (Å²) in [5.74, 6) is 0.0216. The fourth-order valence-electron chi connectivity index (χ4n) is 5.60. The van der Waals surface area contributed by atoms with Crippen molar-refractivity contribution in [1.29, 1.82) is 5.26 Å². The van der Waals surface area contributed by atoms with Gasteiger partial charge in [-0.1, -0.05) is 6.07 Å². The number of methoxy groups -OCH3 is 1. The monoisotopic (exact) mass is 695 g/mol. The van der Waals surface area contributed by atoms with Gasteiger partial charge in [0.1, 0.15) is 5.82 Å². The summed E-state index contributed by atoms with van der Waals surface area (Å²) < 4.78 is 34.6. The Balaban J connectivity index is 1.08. The molecule has 1 atom stereocenters. The molecule has 6 rings (SSSR count). The second-order valence-electron chi connectivity index (χ2n) is 10.9. The number of anilines is 1. The summed E-state index contributed by atoms with van der Waals surface area (Å²) in [4.78, 5) is 21.9. The molecule has 8 nitrogen and oxygen atoms in total. The number of hydrogen-bond donors (Lipinski definition) is 0. The van der Waals surface area contributed by atoms with E-state index in [9.17, 15) is 9.18 Å². The van der Waals surface area contributed by atoms with E-state index >= 15 is 0 Å². The van der Waals surface area contributed by atoms with Gasteiger partial charge in [0, 0.05) is 5.56 Å². The predicted molar refractivity (Wildman–Crippen MR) is 154 cm³/mol. The minimum atomic E-state index is -0.455. The first-order valence-corrected chi connectivity index (χ1v) is 16.8. The Bertz CT molecular complexity index is 1560. The summed E-state index contributed by atoms with van der Waals surface area (Å²) in [6.07, 6.45) is 3.22. The van der Waals surface area contributed by atoms with Crippen LogP contribution in [0.3, 0.4) is 0 Å². The molecule has 10 heteroatoms. The Labute approximate surface area is 261 Å². The van der Waals surface area contributed by atoms with Gasteiger partial charge >= 0.3 is 211 Å². The molecule has 0 bridgehead atoms. The van der Waals surface area contributed by atoms with Crippen molar-refractivity contribution in [2.45, 2.75) is 37.9 Å². The van der Waals surface area contributed by atoms with Gasteiger partial charge in [0.15, 0.2) is 0 Å². The van der Waals surface area contributed by atoms with E-state index in [4.69, 9.17) is 24.5 Å². The molecule has 3 aliphatic heterocycles. The van der Waals surface area contributed by atoms with Crippen LogP contribution < -0.4 is 30.8 Å². The number of aromatic nitrogens is 1. The summed E-state index contributed by atoms with van der Waals surface area (Å²) in [5, 5.41) is 8.95. The molecule has 3 aliphatic rings. The molecule has 3 aromatic rings. The fraction of sp³-hybridized carbons (Fsp3) is 0.364. The van der Waals surface area contributed by atoms with Gasteiger partial charge in [0.25, 0.3) is 0 Å². The number of nitriles is 1. The number of likely N-dealkylation sites (tertiary alicyclic amines) is 1.